The van der Waals surface area contributed by atoms with Crippen LogP contribution in [0.1, 0.15) is 380 Å². The van der Waals surface area contributed by atoms with E-state index in [1.54, 1.807) is 0 Å². The van der Waals surface area contributed by atoms with Gasteiger partial charge >= 0.3 is 17.9 Å². The molecule has 1 unspecified atom stereocenters. The monoisotopic (exact) mass is 1030 g/mol. The van der Waals surface area contributed by atoms with Gasteiger partial charge in [-0.2, -0.15) is 0 Å². The van der Waals surface area contributed by atoms with Gasteiger partial charge in [-0.3, -0.25) is 14.4 Å². The molecule has 0 amide bonds. The van der Waals surface area contributed by atoms with Crippen molar-refractivity contribution in [2.24, 2.45) is 0 Å². The molecule has 0 aromatic rings. The van der Waals surface area contributed by atoms with Gasteiger partial charge in [0.1, 0.15) is 13.2 Å². The molecule has 0 bridgehead atoms. The highest BCUT2D eigenvalue weighted by Gasteiger charge is 2.19. The Morgan fingerprint density at radius 2 is 0.452 bits per heavy atom. The van der Waals surface area contributed by atoms with E-state index in [0.717, 1.165) is 64.2 Å². The third-order valence-corrected chi connectivity index (χ3v) is 15.3. The predicted octanol–water partition coefficient (Wildman–Crippen LogP) is 22.4. The van der Waals surface area contributed by atoms with Gasteiger partial charge in [0.05, 0.1) is 0 Å². The fourth-order valence-corrected chi connectivity index (χ4v) is 10.3. The van der Waals surface area contributed by atoms with Crippen molar-refractivity contribution in [2.75, 3.05) is 13.2 Å². The van der Waals surface area contributed by atoms with Crippen LogP contribution >= 0.6 is 0 Å². The molecule has 0 aromatic carbocycles. The number of esters is 3. The van der Waals surface area contributed by atoms with Gasteiger partial charge in [0.2, 0.25) is 0 Å². The van der Waals surface area contributed by atoms with E-state index in [1.807, 2.05) is 0 Å². The number of carbonyl (C=O) groups excluding carboxylic acids is 3. The van der Waals surface area contributed by atoms with Crippen LogP contribution in [0, 0.1) is 0 Å². The highest BCUT2D eigenvalue weighted by Crippen LogP contribution is 2.19. The van der Waals surface area contributed by atoms with E-state index in [2.05, 4.69) is 32.9 Å². The molecule has 0 fully saturated rings. The first kappa shape index (κ1) is 71.2. The van der Waals surface area contributed by atoms with Gasteiger partial charge in [0, 0.05) is 19.3 Å². The molecule has 73 heavy (non-hydrogen) atoms. The summed E-state index contributed by atoms with van der Waals surface area (Å²) in [5, 5.41) is 0. The number of carbonyl (C=O) groups is 3. The summed E-state index contributed by atoms with van der Waals surface area (Å²) in [6.07, 6.45) is 74.2. The topological polar surface area (TPSA) is 78.9 Å². The number of hydrogen-bond donors (Lipinski definition) is 0. The van der Waals surface area contributed by atoms with Gasteiger partial charge in [-0.15, -0.1) is 0 Å². The molecule has 0 saturated carbocycles. The molecule has 0 aromatic heterocycles. The predicted molar refractivity (Wildman–Crippen MR) is 317 cm³/mol. The number of ether oxygens (including phenoxy) is 3. The Labute approximate surface area is 456 Å². The van der Waals surface area contributed by atoms with Crippen LogP contribution < -0.4 is 0 Å². The zero-order valence-electron chi connectivity index (χ0n) is 49.7. The summed E-state index contributed by atoms with van der Waals surface area (Å²) >= 11 is 0. The Hall–Kier alpha value is -1.85. The molecule has 0 aliphatic carbocycles. The third kappa shape index (κ3) is 60.9. The Morgan fingerprint density at radius 1 is 0.260 bits per heavy atom. The summed E-state index contributed by atoms with van der Waals surface area (Å²) in [5.41, 5.74) is 0. The SMILES string of the molecule is CCCCC/C=C\CCCCCCCC(=O)OC(COC(=O)CCCCCCCCCCC)COC(=O)CCCCCCCCCCCCCCCCCCCCCCCCCCCCCCCCCCCC. The van der Waals surface area contributed by atoms with Crippen LogP contribution in [0.4, 0.5) is 0 Å². The minimum atomic E-state index is -0.768. The number of hydrogen-bond acceptors (Lipinski definition) is 6. The second-order valence-corrected chi connectivity index (χ2v) is 22.7. The molecule has 0 aliphatic rings. The second-order valence-electron chi connectivity index (χ2n) is 22.7. The van der Waals surface area contributed by atoms with Crippen LogP contribution in [0.25, 0.3) is 0 Å². The fraction of sp³-hybridized carbons (Fsp3) is 0.925. The van der Waals surface area contributed by atoms with Crippen molar-refractivity contribution in [3.63, 3.8) is 0 Å². The summed E-state index contributed by atoms with van der Waals surface area (Å²) < 4.78 is 16.8. The summed E-state index contributed by atoms with van der Waals surface area (Å²) in [6.45, 7) is 6.65. The first-order chi connectivity index (χ1) is 36.0. The molecule has 0 radical (unpaired) electrons. The van der Waals surface area contributed by atoms with Crippen LogP contribution in [0.15, 0.2) is 12.2 Å². The maximum Gasteiger partial charge on any atom is 0.306 e. The molecule has 6 nitrogen and oxygen atoms in total. The smallest absolute Gasteiger partial charge is 0.306 e. The lowest BCUT2D eigenvalue weighted by molar-refractivity contribution is -0.167. The van der Waals surface area contributed by atoms with E-state index in [0.29, 0.717) is 19.3 Å². The number of allylic oxidation sites excluding steroid dienone is 2. The lowest BCUT2D eigenvalue weighted by Gasteiger charge is -2.18. The number of unbranched alkanes of at least 4 members (excludes halogenated alkanes) is 49. The molecule has 6 heteroatoms. The van der Waals surface area contributed by atoms with Gasteiger partial charge in [0.25, 0.3) is 0 Å². The first-order valence-electron chi connectivity index (χ1n) is 33.2. The van der Waals surface area contributed by atoms with E-state index in [9.17, 15) is 14.4 Å². The van der Waals surface area contributed by atoms with E-state index < -0.39 is 6.10 Å². The minimum Gasteiger partial charge on any atom is -0.462 e. The lowest BCUT2D eigenvalue weighted by atomic mass is 10.0. The summed E-state index contributed by atoms with van der Waals surface area (Å²) in [6, 6.07) is 0. The lowest BCUT2D eigenvalue weighted by Crippen LogP contribution is -2.30. The maximum absolute atomic E-state index is 12.8. The zero-order chi connectivity index (χ0) is 52.9. The molecule has 0 rings (SSSR count). The van der Waals surface area contributed by atoms with Crippen molar-refractivity contribution >= 4 is 17.9 Å². The summed E-state index contributed by atoms with van der Waals surface area (Å²) in [4.78, 5) is 38.0. The average molecular weight is 1030 g/mol. The summed E-state index contributed by atoms with van der Waals surface area (Å²) in [5.74, 6) is -0.857. The zero-order valence-corrected chi connectivity index (χ0v) is 49.7. The quantitative estimate of drug-likeness (QED) is 0.0261. The Balaban J connectivity index is 3.90. The van der Waals surface area contributed by atoms with Crippen molar-refractivity contribution in [3.8, 4) is 0 Å². The van der Waals surface area contributed by atoms with Crippen molar-refractivity contribution < 1.29 is 28.6 Å². The van der Waals surface area contributed by atoms with Crippen molar-refractivity contribution in [2.45, 2.75) is 386 Å². The Morgan fingerprint density at radius 3 is 0.712 bits per heavy atom. The highest BCUT2D eigenvalue weighted by molar-refractivity contribution is 5.71. The van der Waals surface area contributed by atoms with Gasteiger partial charge in [0.15, 0.2) is 6.10 Å². The molecule has 0 aliphatic heterocycles. The summed E-state index contributed by atoms with van der Waals surface area (Å²) in [7, 11) is 0. The van der Waals surface area contributed by atoms with Gasteiger partial charge in [-0.25, -0.2) is 0 Å². The van der Waals surface area contributed by atoms with E-state index in [1.165, 1.54) is 276 Å². The highest BCUT2D eigenvalue weighted by atomic mass is 16.6. The molecule has 0 saturated heterocycles. The maximum atomic E-state index is 12.8. The van der Waals surface area contributed by atoms with Crippen LogP contribution in [-0.2, 0) is 28.6 Å². The second kappa shape index (κ2) is 62.7. The van der Waals surface area contributed by atoms with Crippen molar-refractivity contribution in [1.82, 2.24) is 0 Å². The van der Waals surface area contributed by atoms with Crippen LogP contribution in [0.3, 0.4) is 0 Å². The fourth-order valence-electron chi connectivity index (χ4n) is 10.3. The third-order valence-electron chi connectivity index (χ3n) is 15.3. The van der Waals surface area contributed by atoms with Crippen LogP contribution in [-0.4, -0.2) is 37.2 Å². The molecule has 0 N–H and O–H groups in total. The van der Waals surface area contributed by atoms with E-state index in [4.69, 9.17) is 14.2 Å². The molecule has 0 spiro atoms. The van der Waals surface area contributed by atoms with Crippen molar-refractivity contribution in [3.05, 3.63) is 12.2 Å². The van der Waals surface area contributed by atoms with Gasteiger partial charge < -0.3 is 14.2 Å². The number of rotatable bonds is 62. The molecule has 1 atom stereocenters. The van der Waals surface area contributed by atoms with Crippen LogP contribution in [0.2, 0.25) is 0 Å². The molecular formula is C67H128O6. The molecular weight excluding hydrogens is 901 g/mol. The van der Waals surface area contributed by atoms with Crippen LogP contribution in [0.5, 0.6) is 0 Å². The average Bonchev–Trinajstić information content (AvgIpc) is 3.39. The van der Waals surface area contributed by atoms with Gasteiger partial charge in [-0.1, -0.05) is 328 Å². The standard InChI is InChI=1S/C67H128O6/c1-4-7-10-13-16-19-21-23-24-25-26-27-28-29-30-31-32-33-34-35-36-37-38-39-40-41-42-43-44-46-48-51-54-57-60-66(69)72-63-64(62-71-65(68)59-56-53-50-47-18-15-12-9-6-3)73-67(70)61-58-55-52-49-45-22-20-17-14-11-8-5-2/h17,20,64H,4-16,18-19,21-63H2,1-3H3/b20-17-. The normalized spacial score (nSPS) is 12.0. The van der Waals surface area contributed by atoms with E-state index in [-0.39, 0.29) is 31.1 Å². The minimum absolute atomic E-state index is 0.0679. The van der Waals surface area contributed by atoms with E-state index >= 15 is 0 Å². The van der Waals surface area contributed by atoms with Gasteiger partial charge in [-0.05, 0) is 44.9 Å². The van der Waals surface area contributed by atoms with Crippen molar-refractivity contribution in [1.29, 1.82) is 0 Å². The molecule has 0 heterocycles. The largest absolute Gasteiger partial charge is 0.462 e. The first-order valence-corrected chi connectivity index (χ1v) is 33.2. The Kier molecular flexibility index (Phi) is 61.1. The molecule has 432 valence electrons. The Bertz CT molecular complexity index is 1130.